The Labute approximate surface area is 117 Å². The third-order valence-corrected chi connectivity index (χ3v) is 3.45. The van der Waals surface area contributed by atoms with Crippen LogP contribution in [0.2, 0.25) is 0 Å². The van der Waals surface area contributed by atoms with Crippen LogP contribution >= 0.6 is 0 Å². The molecule has 2 amide bonds. The fourth-order valence-corrected chi connectivity index (χ4v) is 2.11. The number of nitrogens with zero attached hydrogens (tertiary/aromatic N) is 2. The van der Waals surface area contributed by atoms with Gasteiger partial charge in [0.15, 0.2) is 0 Å². The summed E-state index contributed by atoms with van der Waals surface area (Å²) in [6.45, 7) is 2.24. The highest BCUT2D eigenvalue weighted by Crippen LogP contribution is 2.19. The molecule has 2 heterocycles. The van der Waals surface area contributed by atoms with E-state index >= 15 is 0 Å². The summed E-state index contributed by atoms with van der Waals surface area (Å²) in [6, 6.07) is 3.50. The number of carbonyl (C=O) groups is 2. The van der Waals surface area contributed by atoms with Crippen molar-refractivity contribution in [1.82, 2.24) is 15.2 Å². The number of rotatable bonds is 3. The number of carbonyl (C=O) groups excluding carboxylic acids is 2. The Morgan fingerprint density at radius 2 is 2.05 bits per heavy atom. The Bertz CT molecular complexity index is 522. The number of morpholine rings is 1. The molecule has 2 fully saturated rings. The minimum atomic E-state index is -0.144. The Balaban J connectivity index is 1.72. The van der Waals surface area contributed by atoms with Crippen LogP contribution in [0.15, 0.2) is 18.3 Å². The molecule has 0 atom stereocenters. The van der Waals surface area contributed by atoms with Gasteiger partial charge in [0.25, 0.3) is 11.8 Å². The average Bonchev–Trinajstić information content (AvgIpc) is 3.31. The predicted molar refractivity (Wildman–Crippen MR) is 71.4 cm³/mol. The van der Waals surface area contributed by atoms with E-state index in [1.165, 1.54) is 6.20 Å². The molecule has 1 aliphatic heterocycles. The van der Waals surface area contributed by atoms with Crippen LogP contribution in [0.5, 0.6) is 0 Å². The number of ether oxygens (including phenoxy) is 1. The minimum Gasteiger partial charge on any atom is -0.378 e. The van der Waals surface area contributed by atoms with Gasteiger partial charge in [-0.05, 0) is 25.0 Å². The molecule has 3 rings (SSSR count). The lowest BCUT2D eigenvalue weighted by Gasteiger charge is -2.26. The third kappa shape index (κ3) is 2.96. The first-order valence-electron chi connectivity index (χ1n) is 6.88. The number of aromatic nitrogens is 1. The zero-order chi connectivity index (χ0) is 13.9. The van der Waals surface area contributed by atoms with Crippen molar-refractivity contribution in [1.29, 1.82) is 0 Å². The molecule has 1 aromatic heterocycles. The van der Waals surface area contributed by atoms with Gasteiger partial charge >= 0.3 is 0 Å². The SMILES string of the molecule is O=C(NC1CC1)c1ccnc(C(=O)N2CCOCC2)c1. The number of hydrogen-bond acceptors (Lipinski definition) is 4. The molecule has 1 aliphatic carbocycles. The first-order valence-corrected chi connectivity index (χ1v) is 6.88. The van der Waals surface area contributed by atoms with Gasteiger partial charge in [0.05, 0.1) is 13.2 Å². The first-order chi connectivity index (χ1) is 9.74. The highest BCUT2D eigenvalue weighted by atomic mass is 16.5. The van der Waals surface area contributed by atoms with Crippen molar-refractivity contribution in [2.75, 3.05) is 26.3 Å². The lowest BCUT2D eigenvalue weighted by atomic mass is 10.2. The summed E-state index contributed by atoms with van der Waals surface area (Å²) < 4.78 is 5.22. The normalized spacial score (nSPS) is 18.7. The van der Waals surface area contributed by atoms with Gasteiger partial charge in [-0.1, -0.05) is 0 Å². The van der Waals surface area contributed by atoms with Crippen molar-refractivity contribution in [2.45, 2.75) is 18.9 Å². The molecule has 0 spiro atoms. The summed E-state index contributed by atoms with van der Waals surface area (Å²) in [5, 5.41) is 2.90. The maximum Gasteiger partial charge on any atom is 0.272 e. The van der Waals surface area contributed by atoms with Crippen molar-refractivity contribution in [2.24, 2.45) is 0 Å². The molecule has 6 nitrogen and oxygen atoms in total. The minimum absolute atomic E-state index is 0.133. The van der Waals surface area contributed by atoms with Gasteiger partial charge in [0.1, 0.15) is 5.69 Å². The Kier molecular flexibility index (Phi) is 3.64. The van der Waals surface area contributed by atoms with Crippen molar-refractivity contribution in [3.63, 3.8) is 0 Å². The first kappa shape index (κ1) is 13.1. The van der Waals surface area contributed by atoms with Crippen molar-refractivity contribution < 1.29 is 14.3 Å². The molecular weight excluding hydrogens is 258 g/mol. The summed E-state index contributed by atoms with van der Waals surface area (Å²) in [5.41, 5.74) is 0.804. The molecule has 0 bridgehead atoms. The van der Waals surface area contributed by atoms with Crippen LogP contribution in [-0.2, 0) is 4.74 Å². The molecule has 0 unspecified atom stereocenters. The van der Waals surface area contributed by atoms with E-state index < -0.39 is 0 Å². The second-order valence-corrected chi connectivity index (χ2v) is 5.08. The quantitative estimate of drug-likeness (QED) is 0.869. The second kappa shape index (κ2) is 5.58. The Morgan fingerprint density at radius 1 is 1.30 bits per heavy atom. The molecule has 0 radical (unpaired) electrons. The molecule has 1 aromatic rings. The second-order valence-electron chi connectivity index (χ2n) is 5.08. The van der Waals surface area contributed by atoms with Crippen LogP contribution in [0.4, 0.5) is 0 Å². The molecule has 6 heteroatoms. The molecule has 1 saturated heterocycles. The number of nitrogens with one attached hydrogen (secondary N) is 1. The molecule has 0 aromatic carbocycles. The van der Waals surface area contributed by atoms with Crippen LogP contribution in [-0.4, -0.2) is 54.0 Å². The van der Waals surface area contributed by atoms with E-state index in [4.69, 9.17) is 4.74 Å². The van der Waals surface area contributed by atoms with Crippen LogP contribution in [0.25, 0.3) is 0 Å². The van der Waals surface area contributed by atoms with E-state index in [1.54, 1.807) is 17.0 Å². The fourth-order valence-electron chi connectivity index (χ4n) is 2.11. The maximum atomic E-state index is 12.3. The van der Waals surface area contributed by atoms with Crippen molar-refractivity contribution in [3.8, 4) is 0 Å². The zero-order valence-electron chi connectivity index (χ0n) is 11.2. The van der Waals surface area contributed by atoms with Crippen LogP contribution in [0.3, 0.4) is 0 Å². The lowest BCUT2D eigenvalue weighted by Crippen LogP contribution is -2.41. The standard InChI is InChI=1S/C14H17N3O3/c18-13(16-11-1-2-11)10-3-4-15-12(9-10)14(19)17-5-7-20-8-6-17/h3-4,9,11H,1-2,5-8H2,(H,16,18). The van der Waals surface area contributed by atoms with Gasteiger partial charge in [-0.2, -0.15) is 0 Å². The molecule has 1 N–H and O–H groups in total. The summed E-state index contributed by atoms with van der Waals surface area (Å²) in [5.74, 6) is -0.278. The van der Waals surface area contributed by atoms with Crippen molar-refractivity contribution >= 4 is 11.8 Å². The van der Waals surface area contributed by atoms with Gasteiger partial charge in [0.2, 0.25) is 0 Å². The molecule has 1 saturated carbocycles. The van der Waals surface area contributed by atoms with Crippen LogP contribution < -0.4 is 5.32 Å². The fraction of sp³-hybridized carbons (Fsp3) is 0.500. The Morgan fingerprint density at radius 3 is 2.75 bits per heavy atom. The van der Waals surface area contributed by atoms with E-state index in [1.807, 2.05) is 0 Å². The molecule has 20 heavy (non-hydrogen) atoms. The van der Waals surface area contributed by atoms with E-state index in [0.29, 0.717) is 43.6 Å². The predicted octanol–water partition coefficient (Wildman–Crippen LogP) is 0.446. The van der Waals surface area contributed by atoms with E-state index in [-0.39, 0.29) is 11.8 Å². The summed E-state index contributed by atoms with van der Waals surface area (Å²) >= 11 is 0. The van der Waals surface area contributed by atoms with E-state index in [2.05, 4.69) is 10.3 Å². The highest BCUT2D eigenvalue weighted by Gasteiger charge is 2.25. The van der Waals surface area contributed by atoms with Gasteiger partial charge < -0.3 is 15.0 Å². The lowest BCUT2D eigenvalue weighted by molar-refractivity contribution is 0.0299. The maximum absolute atomic E-state index is 12.3. The number of hydrogen-bond donors (Lipinski definition) is 1. The van der Waals surface area contributed by atoms with Gasteiger partial charge in [-0.25, -0.2) is 0 Å². The smallest absolute Gasteiger partial charge is 0.272 e. The topological polar surface area (TPSA) is 71.5 Å². The van der Waals surface area contributed by atoms with E-state index in [9.17, 15) is 9.59 Å². The zero-order valence-corrected chi connectivity index (χ0v) is 11.2. The highest BCUT2D eigenvalue weighted by molar-refractivity contribution is 5.98. The number of pyridine rings is 1. The van der Waals surface area contributed by atoms with Crippen LogP contribution in [0, 0.1) is 0 Å². The summed E-state index contributed by atoms with van der Waals surface area (Å²) in [4.78, 5) is 30.0. The third-order valence-electron chi connectivity index (χ3n) is 3.45. The van der Waals surface area contributed by atoms with E-state index in [0.717, 1.165) is 12.8 Å². The molecule has 106 valence electrons. The summed E-state index contributed by atoms with van der Waals surface area (Å²) in [7, 11) is 0. The molecular formula is C14H17N3O3. The van der Waals surface area contributed by atoms with Gasteiger partial charge in [0, 0.05) is 30.9 Å². The van der Waals surface area contributed by atoms with Crippen LogP contribution in [0.1, 0.15) is 33.7 Å². The average molecular weight is 275 g/mol. The van der Waals surface area contributed by atoms with Gasteiger partial charge in [-0.15, -0.1) is 0 Å². The van der Waals surface area contributed by atoms with Crippen molar-refractivity contribution in [3.05, 3.63) is 29.6 Å². The molecule has 2 aliphatic rings. The largest absolute Gasteiger partial charge is 0.378 e. The summed E-state index contributed by atoms with van der Waals surface area (Å²) in [6.07, 6.45) is 3.59. The van der Waals surface area contributed by atoms with Gasteiger partial charge in [-0.3, -0.25) is 14.6 Å². The number of amides is 2. The Hall–Kier alpha value is -1.95. The monoisotopic (exact) mass is 275 g/mol.